The Morgan fingerprint density at radius 3 is 2.23 bits per heavy atom. The Hall–Kier alpha value is -1.92. The van der Waals surface area contributed by atoms with Crippen molar-refractivity contribution in [1.29, 1.82) is 0 Å². The van der Waals surface area contributed by atoms with Crippen LogP contribution in [0.25, 0.3) is 0 Å². The van der Waals surface area contributed by atoms with Crippen LogP contribution in [0.1, 0.15) is 73.3 Å². The molecule has 0 saturated heterocycles. The summed E-state index contributed by atoms with van der Waals surface area (Å²) in [5.41, 5.74) is 8.92. The Morgan fingerprint density at radius 2 is 1.53 bits per heavy atom. The first-order valence-corrected chi connectivity index (χ1v) is 11.1. The number of aliphatic hydroxyl groups excluding tert-OH is 2. The lowest BCUT2D eigenvalue weighted by molar-refractivity contribution is 0.125. The highest BCUT2D eigenvalue weighted by molar-refractivity contribution is 5.45. The summed E-state index contributed by atoms with van der Waals surface area (Å²) < 4.78 is 5.72. The van der Waals surface area contributed by atoms with E-state index in [9.17, 15) is 15.3 Å². The average molecular weight is 416 g/mol. The molecule has 1 unspecified atom stereocenters. The molecule has 0 aliphatic carbocycles. The number of ether oxygens (including phenoxy) is 1. The van der Waals surface area contributed by atoms with Crippen molar-refractivity contribution in [3.63, 3.8) is 0 Å². The Labute approximate surface area is 180 Å². The lowest BCUT2D eigenvalue weighted by Gasteiger charge is -2.18. The Morgan fingerprint density at radius 1 is 0.833 bits per heavy atom. The number of benzene rings is 2. The normalized spacial score (nSPS) is 12.2. The minimum absolute atomic E-state index is 0.0222. The van der Waals surface area contributed by atoms with E-state index in [0.717, 1.165) is 58.2 Å². The van der Waals surface area contributed by atoms with Crippen LogP contribution in [0, 0.1) is 0 Å². The summed E-state index contributed by atoms with van der Waals surface area (Å²) in [5.74, 6) is 0.0222. The molecule has 30 heavy (non-hydrogen) atoms. The molecule has 2 aromatic rings. The number of rotatable bonds is 15. The van der Waals surface area contributed by atoms with Crippen molar-refractivity contribution in [2.75, 3.05) is 13.2 Å². The Bertz CT molecular complexity index is 721. The number of unbranched alkanes of at least 4 members (excludes halogenated alkanes) is 4. The van der Waals surface area contributed by atoms with Crippen LogP contribution >= 0.6 is 0 Å². The molecule has 0 saturated carbocycles. The van der Waals surface area contributed by atoms with Crippen LogP contribution in [0.4, 0.5) is 0 Å². The zero-order valence-electron chi connectivity index (χ0n) is 17.9. The highest BCUT2D eigenvalue weighted by atomic mass is 16.5. The van der Waals surface area contributed by atoms with Gasteiger partial charge in [0, 0.05) is 25.3 Å². The number of phenols is 1. The molecular formula is C25H37NO4. The van der Waals surface area contributed by atoms with Gasteiger partial charge in [0.25, 0.3) is 0 Å². The SMILES string of the molecule is NCc1c(C(O)CCCCCCOCCCCc2ccccc2)ccc(O)c1CO. The quantitative estimate of drug-likeness (QED) is 0.324. The lowest BCUT2D eigenvalue weighted by Crippen LogP contribution is -2.10. The second-order valence-corrected chi connectivity index (χ2v) is 7.77. The topological polar surface area (TPSA) is 95.9 Å². The number of aromatic hydroxyl groups is 1. The van der Waals surface area contributed by atoms with Gasteiger partial charge < -0.3 is 25.8 Å². The molecule has 0 fully saturated rings. The maximum Gasteiger partial charge on any atom is 0.121 e. The molecule has 2 rings (SSSR count). The molecule has 0 aliphatic rings. The summed E-state index contributed by atoms with van der Waals surface area (Å²) in [7, 11) is 0. The first kappa shape index (κ1) is 24.4. The van der Waals surface area contributed by atoms with E-state index in [-0.39, 0.29) is 18.9 Å². The van der Waals surface area contributed by atoms with E-state index in [2.05, 4.69) is 24.3 Å². The van der Waals surface area contributed by atoms with Crippen molar-refractivity contribution in [3.8, 4) is 5.75 Å². The standard InChI is InChI=1S/C25H37NO4/c26-18-22-21(14-15-25(29)23(22)19-27)24(28)13-6-1-2-8-16-30-17-9-7-12-20-10-4-3-5-11-20/h3-5,10-11,14-15,24,27-29H,1-2,6-9,12-13,16-19,26H2. The van der Waals surface area contributed by atoms with Gasteiger partial charge >= 0.3 is 0 Å². The van der Waals surface area contributed by atoms with Crippen molar-refractivity contribution in [2.24, 2.45) is 5.73 Å². The molecule has 166 valence electrons. The number of hydrogen-bond donors (Lipinski definition) is 4. The summed E-state index contributed by atoms with van der Waals surface area (Å²) in [4.78, 5) is 0. The smallest absolute Gasteiger partial charge is 0.121 e. The fourth-order valence-corrected chi connectivity index (χ4v) is 3.76. The molecule has 1 atom stereocenters. The molecule has 0 aliphatic heterocycles. The summed E-state index contributed by atoms with van der Waals surface area (Å²) in [6.45, 7) is 1.51. The Balaban J connectivity index is 1.52. The van der Waals surface area contributed by atoms with Gasteiger partial charge in [-0.05, 0) is 54.9 Å². The van der Waals surface area contributed by atoms with Gasteiger partial charge in [0.15, 0.2) is 0 Å². The van der Waals surface area contributed by atoms with Gasteiger partial charge in [0.2, 0.25) is 0 Å². The van der Waals surface area contributed by atoms with Crippen LogP contribution < -0.4 is 5.73 Å². The predicted molar refractivity (Wildman–Crippen MR) is 120 cm³/mol. The number of nitrogens with two attached hydrogens (primary N) is 1. The van der Waals surface area contributed by atoms with Crippen molar-refractivity contribution >= 4 is 0 Å². The lowest BCUT2D eigenvalue weighted by atomic mass is 9.94. The second-order valence-electron chi connectivity index (χ2n) is 7.77. The number of aliphatic hydroxyl groups is 2. The van der Waals surface area contributed by atoms with Crippen LogP contribution in [-0.2, 0) is 24.3 Å². The third-order valence-corrected chi connectivity index (χ3v) is 5.53. The first-order valence-electron chi connectivity index (χ1n) is 11.1. The fraction of sp³-hybridized carbons (Fsp3) is 0.520. The van der Waals surface area contributed by atoms with Crippen LogP contribution in [0.5, 0.6) is 5.75 Å². The highest BCUT2D eigenvalue weighted by Crippen LogP contribution is 2.30. The summed E-state index contributed by atoms with van der Waals surface area (Å²) in [6.07, 6.45) is 7.44. The molecule has 0 heterocycles. The van der Waals surface area contributed by atoms with E-state index in [1.165, 1.54) is 11.6 Å². The van der Waals surface area contributed by atoms with Crippen LogP contribution in [0.15, 0.2) is 42.5 Å². The average Bonchev–Trinajstić information content (AvgIpc) is 2.77. The minimum Gasteiger partial charge on any atom is -0.508 e. The molecule has 0 amide bonds. The van der Waals surface area contributed by atoms with Gasteiger partial charge in [-0.15, -0.1) is 0 Å². The third-order valence-electron chi connectivity index (χ3n) is 5.53. The molecule has 5 nitrogen and oxygen atoms in total. The number of hydrogen-bond acceptors (Lipinski definition) is 5. The number of aryl methyl sites for hydroxylation is 1. The molecule has 5 N–H and O–H groups in total. The van der Waals surface area contributed by atoms with E-state index in [4.69, 9.17) is 10.5 Å². The highest BCUT2D eigenvalue weighted by Gasteiger charge is 2.16. The summed E-state index contributed by atoms with van der Waals surface area (Å²) >= 11 is 0. The van der Waals surface area contributed by atoms with E-state index in [0.29, 0.717) is 23.1 Å². The molecule has 5 heteroatoms. The van der Waals surface area contributed by atoms with Crippen LogP contribution in [-0.4, -0.2) is 28.5 Å². The van der Waals surface area contributed by atoms with Crippen LogP contribution in [0.2, 0.25) is 0 Å². The van der Waals surface area contributed by atoms with Crippen molar-refractivity contribution < 1.29 is 20.1 Å². The minimum atomic E-state index is -0.629. The van der Waals surface area contributed by atoms with E-state index < -0.39 is 6.10 Å². The maximum atomic E-state index is 10.5. The molecule has 0 aromatic heterocycles. The third kappa shape index (κ3) is 8.07. The fourth-order valence-electron chi connectivity index (χ4n) is 3.76. The summed E-state index contributed by atoms with van der Waals surface area (Å²) in [5, 5.41) is 29.8. The van der Waals surface area contributed by atoms with Gasteiger partial charge in [-0.25, -0.2) is 0 Å². The van der Waals surface area contributed by atoms with E-state index in [1.54, 1.807) is 6.07 Å². The molecular weight excluding hydrogens is 378 g/mol. The molecule has 0 radical (unpaired) electrons. The van der Waals surface area contributed by atoms with Crippen LogP contribution in [0.3, 0.4) is 0 Å². The molecule has 2 aromatic carbocycles. The monoisotopic (exact) mass is 415 g/mol. The van der Waals surface area contributed by atoms with E-state index in [1.807, 2.05) is 6.07 Å². The van der Waals surface area contributed by atoms with Crippen molar-refractivity contribution in [2.45, 2.75) is 70.6 Å². The van der Waals surface area contributed by atoms with Gasteiger partial charge in [0.1, 0.15) is 5.75 Å². The zero-order valence-corrected chi connectivity index (χ0v) is 17.9. The largest absolute Gasteiger partial charge is 0.508 e. The molecule has 0 bridgehead atoms. The molecule has 0 spiro atoms. The van der Waals surface area contributed by atoms with Crippen molar-refractivity contribution in [1.82, 2.24) is 0 Å². The maximum absolute atomic E-state index is 10.5. The van der Waals surface area contributed by atoms with Gasteiger partial charge in [-0.1, -0.05) is 55.7 Å². The second kappa shape index (κ2) is 14.1. The van der Waals surface area contributed by atoms with Crippen molar-refractivity contribution in [3.05, 3.63) is 64.7 Å². The van der Waals surface area contributed by atoms with Gasteiger partial charge in [-0.3, -0.25) is 0 Å². The van der Waals surface area contributed by atoms with Gasteiger partial charge in [-0.2, -0.15) is 0 Å². The predicted octanol–water partition coefficient (Wildman–Crippen LogP) is 4.37. The first-order chi connectivity index (χ1) is 14.7. The Kier molecular flexibility index (Phi) is 11.5. The van der Waals surface area contributed by atoms with Gasteiger partial charge in [0.05, 0.1) is 12.7 Å². The summed E-state index contributed by atoms with van der Waals surface area (Å²) in [6, 6.07) is 13.8. The van der Waals surface area contributed by atoms with E-state index >= 15 is 0 Å². The zero-order chi connectivity index (χ0) is 21.6.